The second-order valence-corrected chi connectivity index (χ2v) is 7.94. The zero-order chi connectivity index (χ0) is 22.5. The van der Waals surface area contributed by atoms with E-state index in [0.717, 1.165) is 27.6 Å². The van der Waals surface area contributed by atoms with Crippen LogP contribution in [0.25, 0.3) is 10.8 Å². The number of fused-ring (bicyclic) bond motifs is 1. The normalized spacial score (nSPS) is 11.1. The molecule has 0 aliphatic rings. The minimum Gasteiger partial charge on any atom is -0.506 e. The smallest absolute Gasteiger partial charge is 0.271 e. The van der Waals surface area contributed by atoms with Crippen LogP contribution in [-0.2, 0) is 6.54 Å². The van der Waals surface area contributed by atoms with Crippen LogP contribution in [0.3, 0.4) is 0 Å². The first-order valence-corrected chi connectivity index (χ1v) is 10.6. The second-order valence-electron chi connectivity index (χ2n) is 7.09. The maximum atomic E-state index is 12.3. The van der Waals surface area contributed by atoms with E-state index in [-0.39, 0.29) is 10.8 Å². The summed E-state index contributed by atoms with van der Waals surface area (Å²) < 4.78 is 0. The Balaban J connectivity index is 1.50. The Morgan fingerprint density at radius 1 is 0.938 bits per heavy atom. The van der Waals surface area contributed by atoms with Gasteiger partial charge in [-0.15, -0.1) is 0 Å². The monoisotopic (exact) mass is 463 g/mol. The van der Waals surface area contributed by atoms with Crippen LogP contribution >= 0.6 is 23.2 Å². The van der Waals surface area contributed by atoms with Gasteiger partial charge in [-0.3, -0.25) is 4.79 Å². The van der Waals surface area contributed by atoms with Gasteiger partial charge in [0.2, 0.25) is 0 Å². The number of aromatic hydroxyl groups is 1. The number of hydrazone groups is 1. The van der Waals surface area contributed by atoms with Crippen molar-refractivity contribution in [3.8, 4) is 5.75 Å². The van der Waals surface area contributed by atoms with Crippen molar-refractivity contribution >= 4 is 51.8 Å². The molecule has 0 saturated heterocycles. The number of benzene rings is 4. The molecular formula is C25H19Cl2N3O2. The number of phenols is 1. The number of hydrogen-bond acceptors (Lipinski definition) is 4. The average Bonchev–Trinajstić information content (AvgIpc) is 2.81. The summed E-state index contributed by atoms with van der Waals surface area (Å²) >= 11 is 11.8. The second kappa shape index (κ2) is 9.73. The summed E-state index contributed by atoms with van der Waals surface area (Å²) in [5.74, 6) is -0.503. The first kappa shape index (κ1) is 21.7. The van der Waals surface area contributed by atoms with Crippen molar-refractivity contribution in [2.24, 2.45) is 5.10 Å². The van der Waals surface area contributed by atoms with Gasteiger partial charge < -0.3 is 10.4 Å². The zero-order valence-corrected chi connectivity index (χ0v) is 18.4. The molecule has 0 atom stereocenters. The summed E-state index contributed by atoms with van der Waals surface area (Å²) in [5, 5.41) is 19.9. The molecule has 5 nitrogen and oxygen atoms in total. The fourth-order valence-corrected chi connectivity index (χ4v) is 3.57. The molecule has 4 aromatic rings. The van der Waals surface area contributed by atoms with Gasteiger partial charge in [0.05, 0.1) is 11.2 Å². The molecule has 0 fully saturated rings. The van der Waals surface area contributed by atoms with Gasteiger partial charge in [0, 0.05) is 33.8 Å². The third-order valence-electron chi connectivity index (χ3n) is 4.93. The fourth-order valence-electron chi connectivity index (χ4n) is 3.26. The van der Waals surface area contributed by atoms with Gasteiger partial charge in [-0.1, -0.05) is 65.7 Å². The third kappa shape index (κ3) is 5.02. The molecular weight excluding hydrogens is 445 g/mol. The molecule has 4 rings (SSSR count). The number of rotatable bonds is 6. The van der Waals surface area contributed by atoms with Crippen LogP contribution in [0, 0.1) is 0 Å². The van der Waals surface area contributed by atoms with Gasteiger partial charge in [0.25, 0.3) is 5.91 Å². The SMILES string of the molecule is O=C(N/N=C/c1ccc(NCc2ccc(Cl)cc2)c2ccccc12)c1ccc(O)c(Cl)c1. The first-order chi connectivity index (χ1) is 15.5. The maximum Gasteiger partial charge on any atom is 0.271 e. The Bertz CT molecular complexity index is 1300. The Labute approximate surface area is 195 Å². The number of amides is 1. The molecule has 0 radical (unpaired) electrons. The van der Waals surface area contributed by atoms with Gasteiger partial charge in [0.15, 0.2) is 0 Å². The summed E-state index contributed by atoms with van der Waals surface area (Å²) in [6, 6.07) is 23.9. The minimum atomic E-state index is -0.422. The quantitative estimate of drug-likeness (QED) is 0.234. The average molecular weight is 464 g/mol. The van der Waals surface area contributed by atoms with Crippen molar-refractivity contribution in [2.75, 3.05) is 5.32 Å². The molecule has 0 unspecified atom stereocenters. The van der Waals surface area contributed by atoms with E-state index in [4.69, 9.17) is 23.2 Å². The lowest BCUT2D eigenvalue weighted by atomic mass is 10.0. The summed E-state index contributed by atoms with van der Waals surface area (Å²) in [4.78, 5) is 12.3. The molecule has 1 amide bonds. The van der Waals surface area contributed by atoms with Crippen LogP contribution in [0.15, 0.2) is 84.0 Å². The molecule has 0 bridgehead atoms. The fraction of sp³-hybridized carbons (Fsp3) is 0.0400. The lowest BCUT2D eigenvalue weighted by molar-refractivity contribution is 0.0955. The molecule has 0 heterocycles. The van der Waals surface area contributed by atoms with Crippen LogP contribution in [-0.4, -0.2) is 17.2 Å². The predicted molar refractivity (Wildman–Crippen MR) is 131 cm³/mol. The van der Waals surface area contributed by atoms with Crippen molar-refractivity contribution in [1.29, 1.82) is 0 Å². The van der Waals surface area contributed by atoms with Crippen LogP contribution < -0.4 is 10.7 Å². The molecule has 0 aromatic heterocycles. The predicted octanol–water partition coefficient (Wildman–Crippen LogP) is 6.23. The highest BCUT2D eigenvalue weighted by Gasteiger charge is 2.08. The van der Waals surface area contributed by atoms with Crippen molar-refractivity contribution in [3.05, 3.63) is 106 Å². The Morgan fingerprint density at radius 3 is 2.44 bits per heavy atom. The summed E-state index contributed by atoms with van der Waals surface area (Å²) in [6.07, 6.45) is 1.60. The van der Waals surface area contributed by atoms with Crippen molar-refractivity contribution in [3.63, 3.8) is 0 Å². The maximum absolute atomic E-state index is 12.3. The number of phenolic OH excluding ortho intramolecular Hbond substituents is 1. The topological polar surface area (TPSA) is 73.7 Å². The molecule has 0 spiro atoms. The molecule has 4 aromatic carbocycles. The molecule has 3 N–H and O–H groups in total. The van der Waals surface area contributed by atoms with Crippen LogP contribution in [0.5, 0.6) is 5.75 Å². The standard InChI is InChI=1S/C25H19Cl2N3O2/c26-19-9-5-16(6-10-19)14-28-23-11-7-18(20-3-1-2-4-21(20)23)15-29-30-25(32)17-8-12-24(31)22(27)13-17/h1-13,15,28,31H,14H2,(H,30,32)/b29-15+. The number of hydrogen-bond donors (Lipinski definition) is 3. The van der Waals surface area contributed by atoms with Gasteiger partial charge in [-0.05, 0) is 47.3 Å². The van der Waals surface area contributed by atoms with Crippen molar-refractivity contribution in [2.45, 2.75) is 6.54 Å². The van der Waals surface area contributed by atoms with Gasteiger partial charge in [-0.2, -0.15) is 5.10 Å². The van der Waals surface area contributed by atoms with Crippen molar-refractivity contribution in [1.82, 2.24) is 5.43 Å². The highest BCUT2D eigenvalue weighted by molar-refractivity contribution is 6.32. The molecule has 0 aliphatic carbocycles. The summed E-state index contributed by atoms with van der Waals surface area (Å²) in [6.45, 7) is 0.667. The van der Waals surface area contributed by atoms with E-state index in [1.807, 2.05) is 60.7 Å². The van der Waals surface area contributed by atoms with Crippen LogP contribution in [0.1, 0.15) is 21.5 Å². The Hall–Kier alpha value is -3.54. The van der Waals surface area contributed by atoms with E-state index in [9.17, 15) is 9.90 Å². The van der Waals surface area contributed by atoms with Crippen molar-refractivity contribution < 1.29 is 9.90 Å². The van der Waals surface area contributed by atoms with E-state index in [1.54, 1.807) is 6.21 Å². The minimum absolute atomic E-state index is 0.0806. The number of nitrogens with zero attached hydrogens (tertiary/aromatic N) is 1. The lowest BCUT2D eigenvalue weighted by Crippen LogP contribution is -2.17. The van der Waals surface area contributed by atoms with E-state index < -0.39 is 5.91 Å². The molecule has 7 heteroatoms. The summed E-state index contributed by atoms with van der Waals surface area (Å²) in [5.41, 5.74) is 5.78. The largest absolute Gasteiger partial charge is 0.506 e. The molecule has 160 valence electrons. The third-order valence-corrected chi connectivity index (χ3v) is 5.49. The first-order valence-electron chi connectivity index (χ1n) is 9.83. The van der Waals surface area contributed by atoms with E-state index in [1.165, 1.54) is 18.2 Å². The number of nitrogens with one attached hydrogen (secondary N) is 2. The molecule has 32 heavy (non-hydrogen) atoms. The highest BCUT2D eigenvalue weighted by atomic mass is 35.5. The van der Waals surface area contributed by atoms with Crippen LogP contribution in [0.4, 0.5) is 5.69 Å². The number of carbonyl (C=O) groups is 1. The van der Waals surface area contributed by atoms with E-state index in [2.05, 4.69) is 15.8 Å². The molecule has 0 aliphatic heterocycles. The van der Waals surface area contributed by atoms with Gasteiger partial charge in [0.1, 0.15) is 5.75 Å². The highest BCUT2D eigenvalue weighted by Crippen LogP contribution is 2.27. The number of anilines is 1. The number of halogens is 2. The van der Waals surface area contributed by atoms with E-state index >= 15 is 0 Å². The van der Waals surface area contributed by atoms with Gasteiger partial charge >= 0.3 is 0 Å². The van der Waals surface area contributed by atoms with E-state index in [0.29, 0.717) is 17.1 Å². The lowest BCUT2D eigenvalue weighted by Gasteiger charge is -2.12. The van der Waals surface area contributed by atoms with Gasteiger partial charge in [-0.25, -0.2) is 5.43 Å². The summed E-state index contributed by atoms with van der Waals surface area (Å²) in [7, 11) is 0. The Morgan fingerprint density at radius 2 is 1.69 bits per heavy atom. The molecule has 0 saturated carbocycles. The Kier molecular flexibility index (Phi) is 6.59. The number of carbonyl (C=O) groups excluding carboxylic acids is 1. The van der Waals surface area contributed by atoms with Crippen LogP contribution in [0.2, 0.25) is 10.0 Å². The zero-order valence-electron chi connectivity index (χ0n) is 16.8.